The van der Waals surface area contributed by atoms with Crippen LogP contribution in [0.5, 0.6) is 0 Å². The van der Waals surface area contributed by atoms with E-state index in [9.17, 15) is 0 Å². The smallest absolute Gasteiger partial charge is 0.282 e. The Hall–Kier alpha value is -0.240. The third-order valence-corrected chi connectivity index (χ3v) is 10.6. The van der Waals surface area contributed by atoms with E-state index in [2.05, 4.69) is 13.8 Å². The average Bonchev–Trinajstić information content (AvgIpc) is 3.09. The molecule has 296 valence electrons. The van der Waals surface area contributed by atoms with Crippen molar-refractivity contribution in [1.29, 1.82) is 0 Å². The lowest BCUT2D eigenvalue weighted by Gasteiger charge is -2.32. The van der Waals surface area contributed by atoms with Gasteiger partial charge in [0.2, 0.25) is 0 Å². The van der Waals surface area contributed by atoms with Crippen LogP contribution in [0, 0.1) is 5.41 Å². The fraction of sp³-hybridized carbons (Fsp3) is 1.00. The van der Waals surface area contributed by atoms with Gasteiger partial charge in [-0.1, -0.05) is 142 Å². The van der Waals surface area contributed by atoms with Crippen LogP contribution in [0.15, 0.2) is 0 Å². The van der Waals surface area contributed by atoms with Gasteiger partial charge in [-0.3, -0.25) is 0 Å². The first kappa shape index (κ1) is 48.8. The molecule has 6 nitrogen and oxygen atoms in total. The SMILES string of the molecule is CCOC(CCCCCCCCCCCCC(CC)(CC)CCCCCCCCCCCCC(OCC)(OCC)OCC)(OCC)OCC. The molecule has 0 saturated heterocycles. The molecule has 0 N–H and O–H groups in total. The highest BCUT2D eigenvalue weighted by atomic mass is 16.9. The topological polar surface area (TPSA) is 55.4 Å². The molecule has 0 bridgehead atoms. The van der Waals surface area contributed by atoms with Gasteiger partial charge in [-0.2, -0.15) is 0 Å². The Morgan fingerprint density at radius 2 is 0.429 bits per heavy atom. The van der Waals surface area contributed by atoms with Crippen LogP contribution in [0.3, 0.4) is 0 Å². The molecule has 0 aliphatic heterocycles. The minimum absolute atomic E-state index is 0.591. The summed E-state index contributed by atoms with van der Waals surface area (Å²) in [5.74, 6) is -1.66. The Morgan fingerprint density at radius 3 is 0.612 bits per heavy atom. The normalized spacial score (nSPS) is 12.7. The van der Waals surface area contributed by atoms with Gasteiger partial charge in [0, 0.05) is 52.5 Å². The van der Waals surface area contributed by atoms with E-state index in [1.165, 1.54) is 141 Å². The number of hydrogen-bond donors (Lipinski definition) is 0. The largest absolute Gasteiger partial charge is 0.328 e. The summed E-state index contributed by atoms with van der Waals surface area (Å²) in [5.41, 5.74) is 0.591. The van der Waals surface area contributed by atoms with Crippen molar-refractivity contribution in [3.8, 4) is 0 Å². The zero-order chi connectivity index (χ0) is 36.4. The summed E-state index contributed by atoms with van der Waals surface area (Å²) in [5, 5.41) is 0. The first-order valence-electron chi connectivity index (χ1n) is 21.7. The van der Waals surface area contributed by atoms with Gasteiger partial charge < -0.3 is 28.4 Å². The van der Waals surface area contributed by atoms with Crippen LogP contribution in [0.1, 0.15) is 222 Å². The van der Waals surface area contributed by atoms with Crippen molar-refractivity contribution in [3.63, 3.8) is 0 Å². The predicted octanol–water partition coefficient (Wildman–Crippen LogP) is 13.7. The zero-order valence-electron chi connectivity index (χ0n) is 34.6. The lowest BCUT2D eigenvalue weighted by Crippen LogP contribution is -2.39. The Balaban J connectivity index is 3.89. The number of hydrogen-bond acceptors (Lipinski definition) is 6. The summed E-state index contributed by atoms with van der Waals surface area (Å²) in [4.78, 5) is 0. The van der Waals surface area contributed by atoms with Crippen LogP contribution in [-0.4, -0.2) is 51.6 Å². The number of ether oxygens (including phenoxy) is 6. The molecule has 49 heavy (non-hydrogen) atoms. The fourth-order valence-corrected chi connectivity index (χ4v) is 7.60. The van der Waals surface area contributed by atoms with Gasteiger partial charge >= 0.3 is 0 Å². The highest BCUT2D eigenvalue weighted by Gasteiger charge is 2.32. The predicted molar refractivity (Wildman–Crippen MR) is 209 cm³/mol. The van der Waals surface area contributed by atoms with Gasteiger partial charge in [0.1, 0.15) is 0 Å². The Morgan fingerprint density at radius 1 is 0.245 bits per heavy atom. The van der Waals surface area contributed by atoms with E-state index in [1.54, 1.807) is 0 Å². The van der Waals surface area contributed by atoms with E-state index in [0.29, 0.717) is 45.1 Å². The lowest BCUT2D eigenvalue weighted by atomic mass is 9.74. The molecule has 6 heteroatoms. The maximum Gasteiger partial charge on any atom is 0.282 e. The molecule has 0 saturated carbocycles. The number of rotatable bonds is 40. The summed E-state index contributed by atoms with van der Waals surface area (Å²) in [6, 6.07) is 0. The molecule has 0 aromatic heterocycles. The zero-order valence-corrected chi connectivity index (χ0v) is 34.6. The Bertz CT molecular complexity index is 581. The molecule has 0 aliphatic rings. The van der Waals surface area contributed by atoms with Gasteiger partial charge in [0.15, 0.2) is 0 Å². The summed E-state index contributed by atoms with van der Waals surface area (Å²) in [6.07, 6.45) is 34.1. The van der Waals surface area contributed by atoms with Crippen molar-refractivity contribution in [3.05, 3.63) is 0 Å². The lowest BCUT2D eigenvalue weighted by molar-refractivity contribution is -0.380. The summed E-state index contributed by atoms with van der Waals surface area (Å²) in [7, 11) is 0. The third-order valence-electron chi connectivity index (χ3n) is 10.6. The minimum atomic E-state index is -0.832. The molecule has 0 aliphatic carbocycles. The molecule has 0 amide bonds. The van der Waals surface area contributed by atoms with Crippen LogP contribution in [0.25, 0.3) is 0 Å². The molecular weight excluding hydrogens is 612 g/mol. The van der Waals surface area contributed by atoms with Gasteiger partial charge in [-0.15, -0.1) is 0 Å². The summed E-state index contributed by atoms with van der Waals surface area (Å²) < 4.78 is 35.1. The maximum atomic E-state index is 5.86. The molecule has 0 fully saturated rings. The Kier molecular flexibility index (Phi) is 33.4. The highest BCUT2D eigenvalue weighted by Crippen LogP contribution is 2.38. The highest BCUT2D eigenvalue weighted by molar-refractivity contribution is 4.77. The number of unbranched alkanes of at least 4 members (excludes halogenated alkanes) is 18. The molecule has 0 atom stereocenters. The van der Waals surface area contributed by atoms with Gasteiger partial charge in [-0.05, 0) is 72.6 Å². The van der Waals surface area contributed by atoms with Crippen molar-refractivity contribution < 1.29 is 28.4 Å². The molecule has 0 aromatic carbocycles. The van der Waals surface area contributed by atoms with E-state index in [4.69, 9.17) is 28.4 Å². The fourth-order valence-electron chi connectivity index (χ4n) is 7.60. The van der Waals surface area contributed by atoms with Gasteiger partial charge in [-0.25, -0.2) is 0 Å². The van der Waals surface area contributed by atoms with E-state index in [-0.39, 0.29) is 0 Å². The van der Waals surface area contributed by atoms with Crippen molar-refractivity contribution in [1.82, 2.24) is 0 Å². The van der Waals surface area contributed by atoms with Gasteiger partial charge in [0.05, 0.1) is 0 Å². The summed E-state index contributed by atoms with van der Waals surface area (Å²) >= 11 is 0. The van der Waals surface area contributed by atoms with E-state index < -0.39 is 11.9 Å². The standard InChI is InChI=1S/C43H88O6/c1-9-41(10-2,37-33-29-25-21-17-19-23-27-31-35-39-42(44-11-3,45-12-4)46-13-5)38-34-30-26-22-18-20-24-28-32-36-40-43(47-14-6,48-15-7)49-16-8/h9-40H2,1-8H3. The average molecular weight is 701 g/mol. The second-order valence-electron chi connectivity index (χ2n) is 14.2. The molecule has 0 aromatic rings. The van der Waals surface area contributed by atoms with E-state index in [1.807, 2.05) is 41.5 Å². The third kappa shape index (κ3) is 24.6. The van der Waals surface area contributed by atoms with Gasteiger partial charge in [0.25, 0.3) is 11.9 Å². The molecular formula is C43H88O6. The minimum Gasteiger partial charge on any atom is -0.328 e. The van der Waals surface area contributed by atoms with Crippen LogP contribution in [-0.2, 0) is 28.4 Å². The summed E-state index contributed by atoms with van der Waals surface area (Å²) in [6.45, 7) is 20.6. The van der Waals surface area contributed by atoms with Crippen molar-refractivity contribution >= 4 is 0 Å². The molecule has 0 radical (unpaired) electrons. The molecule has 0 rings (SSSR count). The Labute approximate surface area is 307 Å². The van der Waals surface area contributed by atoms with Crippen molar-refractivity contribution in [2.75, 3.05) is 39.6 Å². The first-order valence-corrected chi connectivity index (χ1v) is 21.7. The van der Waals surface area contributed by atoms with Crippen molar-refractivity contribution in [2.45, 2.75) is 234 Å². The quantitative estimate of drug-likeness (QED) is 0.0468. The second-order valence-corrected chi connectivity index (χ2v) is 14.2. The molecule has 0 spiro atoms. The maximum absolute atomic E-state index is 5.86. The van der Waals surface area contributed by atoms with Crippen LogP contribution in [0.2, 0.25) is 0 Å². The van der Waals surface area contributed by atoms with Crippen LogP contribution >= 0.6 is 0 Å². The van der Waals surface area contributed by atoms with Crippen molar-refractivity contribution in [2.24, 2.45) is 5.41 Å². The van der Waals surface area contributed by atoms with E-state index >= 15 is 0 Å². The molecule has 0 unspecified atom stereocenters. The van der Waals surface area contributed by atoms with E-state index in [0.717, 1.165) is 25.7 Å². The first-order chi connectivity index (χ1) is 23.9. The second kappa shape index (κ2) is 33.6. The van der Waals surface area contributed by atoms with Crippen LogP contribution < -0.4 is 0 Å². The monoisotopic (exact) mass is 701 g/mol. The van der Waals surface area contributed by atoms with Crippen LogP contribution in [0.4, 0.5) is 0 Å². The molecule has 0 heterocycles.